The smallest absolute Gasteiger partial charge is 0.126 e. The Morgan fingerprint density at radius 1 is 0.824 bits per heavy atom. The summed E-state index contributed by atoms with van der Waals surface area (Å²) in [5.74, 6) is -1.74. The lowest BCUT2D eigenvalue weighted by Gasteiger charge is -2.08. The van der Waals surface area contributed by atoms with Gasteiger partial charge in [0.25, 0.3) is 0 Å². The molecule has 0 saturated heterocycles. The van der Waals surface area contributed by atoms with Crippen molar-refractivity contribution < 1.29 is 13.2 Å². The molecule has 0 saturated carbocycles. The SMILES string of the molecule is CCc1ccc(F)cc1-c1cc(F)cc(F)c1. The summed E-state index contributed by atoms with van der Waals surface area (Å²) >= 11 is 0. The number of aryl methyl sites for hydroxylation is 1. The molecule has 0 spiro atoms. The summed E-state index contributed by atoms with van der Waals surface area (Å²) in [4.78, 5) is 0. The molecule has 2 aromatic carbocycles. The molecule has 0 aliphatic carbocycles. The van der Waals surface area contributed by atoms with E-state index in [4.69, 9.17) is 0 Å². The summed E-state index contributed by atoms with van der Waals surface area (Å²) in [5.41, 5.74) is 1.75. The zero-order chi connectivity index (χ0) is 12.4. The zero-order valence-electron chi connectivity index (χ0n) is 9.31. The van der Waals surface area contributed by atoms with Gasteiger partial charge < -0.3 is 0 Å². The topological polar surface area (TPSA) is 0 Å². The van der Waals surface area contributed by atoms with Crippen molar-refractivity contribution in [2.45, 2.75) is 13.3 Å². The van der Waals surface area contributed by atoms with E-state index < -0.39 is 17.5 Å². The van der Waals surface area contributed by atoms with Crippen LogP contribution in [-0.2, 0) is 6.42 Å². The van der Waals surface area contributed by atoms with Crippen LogP contribution in [0.25, 0.3) is 11.1 Å². The minimum Gasteiger partial charge on any atom is -0.207 e. The van der Waals surface area contributed by atoms with Gasteiger partial charge in [-0.1, -0.05) is 13.0 Å². The lowest BCUT2D eigenvalue weighted by atomic mass is 9.98. The fourth-order valence-corrected chi connectivity index (χ4v) is 1.84. The molecule has 0 unspecified atom stereocenters. The summed E-state index contributed by atoms with van der Waals surface area (Å²) in [6.45, 7) is 1.91. The van der Waals surface area contributed by atoms with Crippen molar-refractivity contribution in [3.05, 3.63) is 59.4 Å². The Hall–Kier alpha value is -1.77. The van der Waals surface area contributed by atoms with E-state index in [-0.39, 0.29) is 0 Å². The fraction of sp³-hybridized carbons (Fsp3) is 0.143. The van der Waals surface area contributed by atoms with Crippen molar-refractivity contribution in [2.75, 3.05) is 0 Å². The van der Waals surface area contributed by atoms with Crippen LogP contribution < -0.4 is 0 Å². The highest BCUT2D eigenvalue weighted by Gasteiger charge is 2.08. The van der Waals surface area contributed by atoms with Crippen LogP contribution in [0, 0.1) is 17.5 Å². The lowest BCUT2D eigenvalue weighted by molar-refractivity contribution is 0.584. The maximum Gasteiger partial charge on any atom is 0.126 e. The Kier molecular flexibility index (Phi) is 3.18. The van der Waals surface area contributed by atoms with Crippen molar-refractivity contribution in [3.63, 3.8) is 0 Å². The van der Waals surface area contributed by atoms with E-state index in [1.165, 1.54) is 24.3 Å². The Morgan fingerprint density at radius 2 is 1.47 bits per heavy atom. The van der Waals surface area contributed by atoms with E-state index in [9.17, 15) is 13.2 Å². The van der Waals surface area contributed by atoms with Crippen LogP contribution >= 0.6 is 0 Å². The summed E-state index contributed by atoms with van der Waals surface area (Å²) in [5, 5.41) is 0. The quantitative estimate of drug-likeness (QED) is 0.727. The highest BCUT2D eigenvalue weighted by molar-refractivity contribution is 5.67. The van der Waals surface area contributed by atoms with Gasteiger partial charge in [-0.05, 0) is 47.4 Å². The van der Waals surface area contributed by atoms with Crippen molar-refractivity contribution >= 4 is 0 Å². The van der Waals surface area contributed by atoms with Gasteiger partial charge in [-0.3, -0.25) is 0 Å². The highest BCUT2D eigenvalue weighted by Crippen LogP contribution is 2.26. The van der Waals surface area contributed by atoms with Gasteiger partial charge in [0.05, 0.1) is 0 Å². The number of hydrogen-bond donors (Lipinski definition) is 0. The maximum absolute atomic E-state index is 13.2. The molecular formula is C14H11F3. The van der Waals surface area contributed by atoms with Crippen LogP contribution in [0.5, 0.6) is 0 Å². The Bertz CT molecular complexity index is 527. The predicted octanol–water partition coefficient (Wildman–Crippen LogP) is 4.33. The summed E-state index contributed by atoms with van der Waals surface area (Å²) in [6, 6.07) is 7.49. The van der Waals surface area contributed by atoms with Gasteiger partial charge in [-0.25, -0.2) is 13.2 Å². The largest absolute Gasteiger partial charge is 0.207 e. The van der Waals surface area contributed by atoms with Crippen molar-refractivity contribution in [3.8, 4) is 11.1 Å². The molecule has 0 heterocycles. The third-order valence-electron chi connectivity index (χ3n) is 2.63. The molecule has 3 heteroatoms. The summed E-state index contributed by atoms with van der Waals surface area (Å²) < 4.78 is 39.4. The molecule has 0 bridgehead atoms. The van der Waals surface area contributed by atoms with Crippen LogP contribution in [0.2, 0.25) is 0 Å². The van der Waals surface area contributed by atoms with Crippen LogP contribution in [0.3, 0.4) is 0 Å². The van der Waals surface area contributed by atoms with Crippen molar-refractivity contribution in [2.24, 2.45) is 0 Å². The van der Waals surface area contributed by atoms with Gasteiger partial charge in [0.1, 0.15) is 17.5 Å². The van der Waals surface area contributed by atoms with Crippen molar-refractivity contribution in [1.82, 2.24) is 0 Å². The first-order valence-electron chi connectivity index (χ1n) is 5.35. The monoisotopic (exact) mass is 236 g/mol. The molecule has 0 N–H and O–H groups in total. The normalized spacial score (nSPS) is 10.6. The van der Waals surface area contributed by atoms with Gasteiger partial charge in [-0.2, -0.15) is 0 Å². The second kappa shape index (κ2) is 4.62. The molecule has 0 aliphatic heterocycles. The second-order valence-electron chi connectivity index (χ2n) is 3.81. The molecule has 88 valence electrons. The number of rotatable bonds is 2. The van der Waals surface area contributed by atoms with E-state index >= 15 is 0 Å². The third-order valence-corrected chi connectivity index (χ3v) is 2.63. The van der Waals surface area contributed by atoms with E-state index in [1.54, 1.807) is 6.07 Å². The van der Waals surface area contributed by atoms with Gasteiger partial charge in [0, 0.05) is 6.07 Å². The van der Waals surface area contributed by atoms with Crippen LogP contribution in [0.1, 0.15) is 12.5 Å². The molecule has 0 radical (unpaired) electrons. The molecule has 0 aromatic heterocycles. The summed E-state index contributed by atoms with van der Waals surface area (Å²) in [7, 11) is 0. The standard InChI is InChI=1S/C14H11F3/c1-2-9-3-4-11(15)8-14(9)10-5-12(16)7-13(17)6-10/h3-8H,2H2,1H3. The highest BCUT2D eigenvalue weighted by atomic mass is 19.1. The number of halogens is 3. The van der Waals surface area contributed by atoms with Crippen LogP contribution in [0.15, 0.2) is 36.4 Å². The van der Waals surface area contributed by atoms with Crippen molar-refractivity contribution in [1.29, 1.82) is 0 Å². The summed E-state index contributed by atoms with van der Waals surface area (Å²) in [6.07, 6.45) is 0.674. The van der Waals surface area contributed by atoms with Gasteiger partial charge >= 0.3 is 0 Å². The third kappa shape index (κ3) is 2.49. The molecule has 0 amide bonds. The Morgan fingerprint density at radius 3 is 2.06 bits per heavy atom. The average Bonchev–Trinajstić information content (AvgIpc) is 2.27. The molecule has 2 rings (SSSR count). The molecule has 2 aromatic rings. The fourth-order valence-electron chi connectivity index (χ4n) is 1.84. The van der Waals surface area contributed by atoms with Crippen LogP contribution in [0.4, 0.5) is 13.2 Å². The molecule has 0 nitrogen and oxygen atoms in total. The molecular weight excluding hydrogens is 225 g/mol. The minimum atomic E-state index is -0.661. The predicted molar refractivity (Wildman–Crippen MR) is 61.1 cm³/mol. The first kappa shape index (κ1) is 11.7. The molecule has 17 heavy (non-hydrogen) atoms. The van der Waals surface area contributed by atoms with E-state index in [0.29, 0.717) is 17.5 Å². The first-order valence-corrected chi connectivity index (χ1v) is 5.35. The van der Waals surface area contributed by atoms with E-state index in [0.717, 1.165) is 11.6 Å². The molecule has 0 aliphatic rings. The average molecular weight is 236 g/mol. The maximum atomic E-state index is 13.2. The van der Waals surface area contributed by atoms with Gasteiger partial charge in [0.2, 0.25) is 0 Å². The first-order chi connectivity index (χ1) is 8.10. The van der Waals surface area contributed by atoms with E-state index in [2.05, 4.69) is 0 Å². The van der Waals surface area contributed by atoms with Crippen LogP contribution in [-0.4, -0.2) is 0 Å². The Balaban J connectivity index is 2.62. The number of benzene rings is 2. The minimum absolute atomic E-state index is 0.360. The molecule has 0 atom stereocenters. The molecule has 0 fully saturated rings. The van der Waals surface area contributed by atoms with E-state index in [1.807, 2.05) is 6.92 Å². The lowest BCUT2D eigenvalue weighted by Crippen LogP contribution is -1.91. The van der Waals surface area contributed by atoms with Gasteiger partial charge in [0.15, 0.2) is 0 Å². The van der Waals surface area contributed by atoms with Gasteiger partial charge in [-0.15, -0.1) is 0 Å². The Labute approximate surface area is 97.7 Å². The second-order valence-corrected chi connectivity index (χ2v) is 3.81. The zero-order valence-corrected chi connectivity index (χ0v) is 9.31. The number of hydrogen-bond acceptors (Lipinski definition) is 0.